The van der Waals surface area contributed by atoms with Crippen LogP contribution in [0.4, 0.5) is 0 Å². The second-order valence-electron chi connectivity index (χ2n) is 2.12. The average molecular weight is 172 g/mol. The van der Waals surface area contributed by atoms with E-state index in [1.165, 1.54) is 0 Å². The molecule has 0 aliphatic heterocycles. The number of methoxy groups -OCH3 is 1. The minimum Gasteiger partial charge on any atom is -0.492 e. The number of hydrogen-bond acceptors (Lipinski definition) is 3. The van der Waals surface area contributed by atoms with Crippen LogP contribution < -0.4 is 9.47 Å². The van der Waals surface area contributed by atoms with Crippen LogP contribution in [0, 0.1) is 6.92 Å². The van der Waals surface area contributed by atoms with Crippen LogP contribution in [0.2, 0.25) is 0 Å². The Morgan fingerprint density at radius 2 is 2.27 bits per heavy atom. The van der Waals surface area contributed by atoms with Gasteiger partial charge in [-0.2, -0.15) is 0 Å². The molecule has 0 aliphatic carbocycles. The van der Waals surface area contributed by atoms with Gasteiger partial charge in [0.2, 0.25) is 0 Å². The van der Waals surface area contributed by atoms with E-state index in [9.17, 15) is 0 Å². The fourth-order valence-electron chi connectivity index (χ4n) is 0.922. The van der Waals surface area contributed by atoms with Gasteiger partial charge in [-0.3, -0.25) is 0 Å². The third-order valence-electron chi connectivity index (χ3n) is 1.39. The van der Waals surface area contributed by atoms with Gasteiger partial charge in [-0.05, 0) is 13.8 Å². The molecule has 0 aliphatic rings. The normalized spacial score (nSPS) is 9.73. The highest BCUT2D eigenvalue weighted by molar-refractivity contribution is 7.10. The first-order chi connectivity index (χ1) is 5.29. The molecule has 0 atom stereocenters. The zero-order chi connectivity index (χ0) is 8.27. The maximum Gasteiger partial charge on any atom is 0.174 e. The third kappa shape index (κ3) is 1.66. The Morgan fingerprint density at radius 1 is 1.55 bits per heavy atom. The third-order valence-corrected chi connectivity index (χ3v) is 2.26. The van der Waals surface area contributed by atoms with Crippen molar-refractivity contribution in [2.24, 2.45) is 0 Å². The maximum atomic E-state index is 5.33. The van der Waals surface area contributed by atoms with Gasteiger partial charge in [-0.25, -0.2) is 0 Å². The van der Waals surface area contributed by atoms with E-state index < -0.39 is 0 Å². The molecular formula is C8H12O2S. The Balaban J connectivity index is 2.86. The first-order valence-corrected chi connectivity index (χ1v) is 4.42. The molecule has 1 heterocycles. The van der Waals surface area contributed by atoms with E-state index in [0.29, 0.717) is 6.61 Å². The summed E-state index contributed by atoms with van der Waals surface area (Å²) in [6.07, 6.45) is 0. The quantitative estimate of drug-likeness (QED) is 0.697. The van der Waals surface area contributed by atoms with Crippen LogP contribution in [0.25, 0.3) is 0 Å². The van der Waals surface area contributed by atoms with Gasteiger partial charge in [-0.1, -0.05) is 0 Å². The van der Waals surface area contributed by atoms with Crippen LogP contribution in [0.3, 0.4) is 0 Å². The predicted octanol–water partition coefficient (Wildman–Crippen LogP) is 2.46. The van der Waals surface area contributed by atoms with E-state index >= 15 is 0 Å². The van der Waals surface area contributed by atoms with Crippen molar-refractivity contribution in [3.63, 3.8) is 0 Å². The highest BCUT2D eigenvalue weighted by Gasteiger charge is 2.08. The van der Waals surface area contributed by atoms with E-state index in [-0.39, 0.29) is 0 Å². The zero-order valence-corrected chi connectivity index (χ0v) is 7.83. The van der Waals surface area contributed by atoms with Crippen LogP contribution in [-0.4, -0.2) is 13.7 Å². The lowest BCUT2D eigenvalue weighted by Crippen LogP contribution is -1.92. The first-order valence-electron chi connectivity index (χ1n) is 3.54. The minimum atomic E-state index is 0.687. The SMILES string of the molecule is CCOc1csc(C)c1OC. The van der Waals surface area contributed by atoms with Gasteiger partial charge in [0.05, 0.1) is 13.7 Å². The summed E-state index contributed by atoms with van der Waals surface area (Å²) < 4.78 is 10.5. The molecule has 2 nitrogen and oxygen atoms in total. The minimum absolute atomic E-state index is 0.687. The van der Waals surface area contributed by atoms with Crippen molar-refractivity contribution in [1.29, 1.82) is 0 Å². The van der Waals surface area contributed by atoms with Crippen molar-refractivity contribution >= 4 is 11.3 Å². The summed E-state index contributed by atoms with van der Waals surface area (Å²) in [6, 6.07) is 0. The molecule has 1 aromatic heterocycles. The summed E-state index contributed by atoms with van der Waals surface area (Å²) in [4.78, 5) is 1.16. The Kier molecular flexibility index (Phi) is 2.76. The molecule has 0 N–H and O–H groups in total. The summed E-state index contributed by atoms with van der Waals surface area (Å²) >= 11 is 1.65. The second kappa shape index (κ2) is 3.62. The van der Waals surface area contributed by atoms with Crippen LogP contribution in [0.5, 0.6) is 11.5 Å². The number of ether oxygens (including phenoxy) is 2. The van der Waals surface area contributed by atoms with Crippen molar-refractivity contribution in [2.45, 2.75) is 13.8 Å². The molecule has 0 fully saturated rings. The van der Waals surface area contributed by atoms with E-state index in [1.54, 1.807) is 18.4 Å². The summed E-state index contributed by atoms with van der Waals surface area (Å²) in [5, 5.41) is 1.97. The molecular weight excluding hydrogens is 160 g/mol. The largest absolute Gasteiger partial charge is 0.492 e. The van der Waals surface area contributed by atoms with Gasteiger partial charge in [0.1, 0.15) is 0 Å². The summed E-state index contributed by atoms with van der Waals surface area (Å²) in [7, 11) is 1.66. The van der Waals surface area contributed by atoms with Crippen molar-refractivity contribution in [2.75, 3.05) is 13.7 Å². The topological polar surface area (TPSA) is 18.5 Å². The molecule has 62 valence electrons. The lowest BCUT2D eigenvalue weighted by molar-refractivity contribution is 0.312. The predicted molar refractivity (Wildman–Crippen MR) is 46.8 cm³/mol. The molecule has 3 heteroatoms. The molecule has 0 amide bonds. The lowest BCUT2D eigenvalue weighted by Gasteiger charge is -2.03. The van der Waals surface area contributed by atoms with E-state index in [1.807, 2.05) is 19.2 Å². The molecule has 0 saturated carbocycles. The van der Waals surface area contributed by atoms with Crippen LogP contribution >= 0.6 is 11.3 Å². The smallest absolute Gasteiger partial charge is 0.174 e. The molecule has 1 rings (SSSR count). The molecule has 0 unspecified atom stereocenters. The summed E-state index contributed by atoms with van der Waals surface area (Å²) in [5.74, 6) is 1.73. The summed E-state index contributed by atoms with van der Waals surface area (Å²) in [5.41, 5.74) is 0. The molecule has 0 saturated heterocycles. The highest BCUT2D eigenvalue weighted by atomic mass is 32.1. The van der Waals surface area contributed by atoms with Crippen LogP contribution in [0.1, 0.15) is 11.8 Å². The molecule has 11 heavy (non-hydrogen) atoms. The van der Waals surface area contributed by atoms with Gasteiger partial charge in [-0.15, -0.1) is 11.3 Å². The Labute approximate surface area is 70.8 Å². The summed E-state index contributed by atoms with van der Waals surface area (Å²) in [6.45, 7) is 4.67. The lowest BCUT2D eigenvalue weighted by atomic mass is 10.4. The van der Waals surface area contributed by atoms with Crippen molar-refractivity contribution in [1.82, 2.24) is 0 Å². The molecule has 0 bridgehead atoms. The van der Waals surface area contributed by atoms with Gasteiger partial charge >= 0.3 is 0 Å². The van der Waals surface area contributed by atoms with Gasteiger partial charge in [0.15, 0.2) is 11.5 Å². The fraction of sp³-hybridized carbons (Fsp3) is 0.500. The Hall–Kier alpha value is -0.700. The number of aryl methyl sites for hydroxylation is 1. The van der Waals surface area contributed by atoms with Crippen molar-refractivity contribution < 1.29 is 9.47 Å². The maximum absolute atomic E-state index is 5.33. The number of hydrogen-bond donors (Lipinski definition) is 0. The van der Waals surface area contributed by atoms with Gasteiger partial charge in [0.25, 0.3) is 0 Å². The standard InChI is InChI=1S/C8H12O2S/c1-4-10-7-5-11-6(2)8(7)9-3/h5H,4H2,1-3H3. The molecule has 0 radical (unpaired) electrons. The van der Waals surface area contributed by atoms with Gasteiger partial charge < -0.3 is 9.47 Å². The fourth-order valence-corrected chi connectivity index (χ4v) is 1.67. The second-order valence-corrected chi connectivity index (χ2v) is 3.21. The van der Waals surface area contributed by atoms with Gasteiger partial charge in [0, 0.05) is 10.3 Å². The van der Waals surface area contributed by atoms with Crippen LogP contribution in [-0.2, 0) is 0 Å². The molecule has 1 aromatic rings. The van der Waals surface area contributed by atoms with Crippen molar-refractivity contribution in [3.8, 4) is 11.5 Å². The molecule has 0 aromatic carbocycles. The monoisotopic (exact) mass is 172 g/mol. The van der Waals surface area contributed by atoms with E-state index in [4.69, 9.17) is 9.47 Å². The highest BCUT2D eigenvalue weighted by Crippen LogP contribution is 2.36. The van der Waals surface area contributed by atoms with E-state index in [0.717, 1.165) is 16.4 Å². The average Bonchev–Trinajstić information content (AvgIpc) is 2.33. The van der Waals surface area contributed by atoms with Crippen molar-refractivity contribution in [3.05, 3.63) is 10.3 Å². The Bertz CT molecular complexity index is 230. The first kappa shape index (κ1) is 8.40. The zero-order valence-electron chi connectivity index (χ0n) is 7.01. The van der Waals surface area contributed by atoms with Crippen LogP contribution in [0.15, 0.2) is 5.38 Å². The Morgan fingerprint density at radius 3 is 2.82 bits per heavy atom. The number of rotatable bonds is 3. The molecule has 0 spiro atoms. The van der Waals surface area contributed by atoms with E-state index in [2.05, 4.69) is 0 Å². The number of thiophene rings is 1.